The first-order valence-corrected chi connectivity index (χ1v) is 12.2. The minimum Gasteiger partial charge on any atom is -0.342 e. The Kier molecular flexibility index (Phi) is 9.83. The Bertz CT molecular complexity index is 821. The lowest BCUT2D eigenvalue weighted by Crippen LogP contribution is -2.42. The van der Waals surface area contributed by atoms with Crippen LogP contribution in [0.3, 0.4) is 0 Å². The molecule has 8 nitrogen and oxygen atoms in total. The molecule has 0 aromatic carbocycles. The second-order valence-corrected chi connectivity index (χ2v) is 9.52. The summed E-state index contributed by atoms with van der Waals surface area (Å²) in [6.07, 6.45) is 9.00. The summed E-state index contributed by atoms with van der Waals surface area (Å²) in [6.45, 7) is 17.8. The molecule has 2 heterocycles. The van der Waals surface area contributed by atoms with Gasteiger partial charge in [0.05, 0.1) is 19.6 Å². The number of ketones is 1. The molecule has 33 heavy (non-hydrogen) atoms. The van der Waals surface area contributed by atoms with Crippen molar-refractivity contribution in [1.29, 1.82) is 0 Å². The fourth-order valence-corrected chi connectivity index (χ4v) is 4.01. The summed E-state index contributed by atoms with van der Waals surface area (Å²) in [5, 5.41) is 0. The van der Waals surface area contributed by atoms with E-state index >= 15 is 0 Å². The van der Waals surface area contributed by atoms with Gasteiger partial charge in [0, 0.05) is 49.3 Å². The van der Waals surface area contributed by atoms with E-state index in [0.29, 0.717) is 32.7 Å². The number of amides is 1. The first-order chi connectivity index (χ1) is 15.6. The molecule has 0 bridgehead atoms. The minimum absolute atomic E-state index is 0.0924. The summed E-state index contributed by atoms with van der Waals surface area (Å²) in [5.41, 5.74) is -0.157. The maximum atomic E-state index is 12.7. The monoisotopic (exact) mass is 458 g/mol. The Hall–Kier alpha value is -2.48. The number of hydrogen-bond donors (Lipinski definition) is 0. The highest BCUT2D eigenvalue weighted by molar-refractivity contribution is 5.80. The number of likely N-dealkylation sites (N-methyl/N-ethyl adjacent to an activating group) is 1. The smallest absolute Gasteiger partial charge is 0.242 e. The summed E-state index contributed by atoms with van der Waals surface area (Å²) in [6, 6.07) is 0. The zero-order valence-corrected chi connectivity index (χ0v) is 21.5. The molecular weight excluding hydrogens is 416 g/mol. The van der Waals surface area contributed by atoms with E-state index in [1.54, 1.807) is 12.4 Å². The average molecular weight is 459 g/mol. The molecule has 0 aliphatic heterocycles. The standard InChI is InChI=1S/C25H42N6O2/c1-8-20(9-2)21(32)16-29-14-12-26-22(29)17-31(25(5,6)7)18-23-27-13-15-30(23)19-24(33)28(10-3)11-4/h12-15,20H,8-11,16-19H2,1-7H3. The van der Waals surface area contributed by atoms with Crippen LogP contribution in [0.5, 0.6) is 0 Å². The van der Waals surface area contributed by atoms with Crippen LogP contribution < -0.4 is 0 Å². The van der Waals surface area contributed by atoms with Crippen LogP contribution in [0.4, 0.5) is 0 Å². The molecule has 2 aromatic rings. The summed E-state index contributed by atoms with van der Waals surface area (Å²) >= 11 is 0. The van der Waals surface area contributed by atoms with Gasteiger partial charge in [0.25, 0.3) is 0 Å². The van der Waals surface area contributed by atoms with Crippen molar-refractivity contribution in [3.63, 3.8) is 0 Å². The van der Waals surface area contributed by atoms with Crippen molar-refractivity contribution in [2.45, 2.75) is 93.0 Å². The van der Waals surface area contributed by atoms with E-state index < -0.39 is 0 Å². The Morgan fingerprint density at radius 2 is 1.36 bits per heavy atom. The lowest BCUT2D eigenvalue weighted by Gasteiger charge is -2.35. The average Bonchev–Trinajstić information content (AvgIpc) is 3.38. The molecule has 8 heteroatoms. The second kappa shape index (κ2) is 12.1. The Morgan fingerprint density at radius 3 is 1.79 bits per heavy atom. The van der Waals surface area contributed by atoms with Crippen LogP contribution in [-0.4, -0.2) is 59.2 Å². The fraction of sp³-hybridized carbons (Fsp3) is 0.680. The van der Waals surface area contributed by atoms with E-state index in [-0.39, 0.29) is 29.7 Å². The van der Waals surface area contributed by atoms with E-state index in [0.717, 1.165) is 24.5 Å². The van der Waals surface area contributed by atoms with Gasteiger partial charge in [-0.1, -0.05) is 13.8 Å². The van der Waals surface area contributed by atoms with Crippen molar-refractivity contribution >= 4 is 11.7 Å². The highest BCUT2D eigenvalue weighted by Crippen LogP contribution is 2.20. The van der Waals surface area contributed by atoms with Crippen molar-refractivity contribution < 1.29 is 9.59 Å². The molecule has 0 fully saturated rings. The number of carbonyl (C=O) groups excluding carboxylic acids is 2. The minimum atomic E-state index is -0.157. The van der Waals surface area contributed by atoms with Gasteiger partial charge >= 0.3 is 0 Å². The highest BCUT2D eigenvalue weighted by atomic mass is 16.2. The number of hydrogen-bond acceptors (Lipinski definition) is 5. The quantitative estimate of drug-likeness (QED) is 0.457. The lowest BCUT2D eigenvalue weighted by atomic mass is 9.98. The van der Waals surface area contributed by atoms with Gasteiger partial charge in [0.15, 0.2) is 5.78 Å². The molecule has 0 atom stereocenters. The van der Waals surface area contributed by atoms with E-state index in [2.05, 4.69) is 49.5 Å². The van der Waals surface area contributed by atoms with Crippen molar-refractivity contribution in [2.24, 2.45) is 5.92 Å². The van der Waals surface area contributed by atoms with Gasteiger partial charge in [-0.3, -0.25) is 14.5 Å². The number of rotatable bonds is 13. The molecule has 0 saturated carbocycles. The predicted molar refractivity (Wildman–Crippen MR) is 130 cm³/mol. The van der Waals surface area contributed by atoms with Crippen LogP contribution in [-0.2, 0) is 35.8 Å². The zero-order chi connectivity index (χ0) is 24.6. The number of imidazole rings is 2. The molecule has 0 N–H and O–H groups in total. The van der Waals surface area contributed by atoms with Gasteiger partial charge in [-0.2, -0.15) is 0 Å². The Balaban J connectivity index is 2.18. The third-order valence-corrected chi connectivity index (χ3v) is 6.41. The number of carbonyl (C=O) groups is 2. The third kappa shape index (κ3) is 7.25. The van der Waals surface area contributed by atoms with E-state index in [1.807, 2.05) is 40.3 Å². The van der Waals surface area contributed by atoms with Gasteiger partial charge in [-0.15, -0.1) is 0 Å². The molecule has 2 aromatic heterocycles. The van der Waals surface area contributed by atoms with Gasteiger partial charge in [-0.25, -0.2) is 9.97 Å². The summed E-state index contributed by atoms with van der Waals surface area (Å²) in [5.74, 6) is 2.15. The third-order valence-electron chi connectivity index (χ3n) is 6.41. The Morgan fingerprint density at radius 1 is 0.879 bits per heavy atom. The number of Topliss-reactive ketones (excluding diaryl/α,β-unsaturated/α-hetero) is 1. The van der Waals surface area contributed by atoms with E-state index in [9.17, 15) is 9.59 Å². The first-order valence-electron chi connectivity index (χ1n) is 12.2. The Labute approximate surface area is 199 Å². The van der Waals surface area contributed by atoms with Crippen LogP contribution >= 0.6 is 0 Å². The zero-order valence-electron chi connectivity index (χ0n) is 21.5. The summed E-state index contributed by atoms with van der Waals surface area (Å²) in [4.78, 5) is 38.6. The molecule has 1 amide bonds. The number of nitrogens with zero attached hydrogens (tertiary/aromatic N) is 6. The maximum absolute atomic E-state index is 12.7. The van der Waals surface area contributed by atoms with Gasteiger partial charge in [0.2, 0.25) is 5.91 Å². The SMILES string of the molecule is CCC(CC)C(=O)Cn1ccnc1CN(Cc1nccn1CC(=O)N(CC)CC)C(C)(C)C. The molecule has 0 radical (unpaired) electrons. The van der Waals surface area contributed by atoms with Gasteiger partial charge in [0.1, 0.15) is 18.2 Å². The van der Waals surface area contributed by atoms with Crippen molar-refractivity contribution in [2.75, 3.05) is 13.1 Å². The largest absolute Gasteiger partial charge is 0.342 e. The molecule has 0 saturated heterocycles. The molecule has 0 aliphatic rings. The molecule has 2 rings (SSSR count). The second-order valence-electron chi connectivity index (χ2n) is 9.52. The van der Waals surface area contributed by atoms with Crippen molar-refractivity contribution in [3.8, 4) is 0 Å². The summed E-state index contributed by atoms with van der Waals surface area (Å²) in [7, 11) is 0. The first kappa shape index (κ1) is 26.8. The molecule has 0 unspecified atom stereocenters. The highest BCUT2D eigenvalue weighted by Gasteiger charge is 2.26. The lowest BCUT2D eigenvalue weighted by molar-refractivity contribution is -0.131. The molecule has 0 spiro atoms. The van der Waals surface area contributed by atoms with Crippen molar-refractivity contribution in [3.05, 3.63) is 36.4 Å². The normalized spacial score (nSPS) is 12.0. The summed E-state index contributed by atoms with van der Waals surface area (Å²) < 4.78 is 3.90. The van der Waals surface area contributed by atoms with Crippen molar-refractivity contribution in [1.82, 2.24) is 28.9 Å². The van der Waals surface area contributed by atoms with E-state index in [4.69, 9.17) is 0 Å². The molecule has 0 aliphatic carbocycles. The molecular formula is C25H42N6O2. The van der Waals surface area contributed by atoms with Crippen LogP contribution in [0.2, 0.25) is 0 Å². The van der Waals surface area contributed by atoms with Gasteiger partial charge < -0.3 is 14.0 Å². The topological polar surface area (TPSA) is 76.3 Å². The van der Waals surface area contributed by atoms with Crippen LogP contribution in [0.25, 0.3) is 0 Å². The predicted octanol–water partition coefficient (Wildman–Crippen LogP) is 3.75. The van der Waals surface area contributed by atoms with Crippen LogP contribution in [0, 0.1) is 5.92 Å². The van der Waals surface area contributed by atoms with Crippen LogP contribution in [0.1, 0.15) is 73.0 Å². The maximum Gasteiger partial charge on any atom is 0.242 e. The van der Waals surface area contributed by atoms with E-state index in [1.165, 1.54) is 0 Å². The fourth-order valence-electron chi connectivity index (χ4n) is 4.01. The number of aromatic nitrogens is 4. The van der Waals surface area contributed by atoms with Gasteiger partial charge in [-0.05, 0) is 47.5 Å². The van der Waals surface area contributed by atoms with Crippen LogP contribution in [0.15, 0.2) is 24.8 Å². The molecule has 184 valence electrons.